The Morgan fingerprint density at radius 1 is 1.33 bits per heavy atom. The van der Waals surface area contributed by atoms with E-state index in [-0.39, 0.29) is 5.78 Å². The largest absolute Gasteiger partial charge is 0.298 e. The smallest absolute Gasteiger partial charge is 0.154 e. The van der Waals surface area contributed by atoms with E-state index < -0.39 is 5.92 Å². The number of hydrogen-bond acceptors (Lipinski definition) is 2. The molecule has 4 heteroatoms. The van der Waals surface area contributed by atoms with Crippen LogP contribution in [0.5, 0.6) is 0 Å². The van der Waals surface area contributed by atoms with E-state index in [0.717, 1.165) is 12.3 Å². The third-order valence-corrected chi connectivity index (χ3v) is 5.63. The number of benzene rings is 1. The average molecular weight is 322 g/mol. The molecule has 2 nitrogen and oxygen atoms in total. The highest BCUT2D eigenvalue weighted by Gasteiger charge is 2.41. The standard InChI is InChI=1S/C17H17Cl2NO/c18-13-3-4-14(16(19)8-13)15(9-20)17(21)7-12-6-10-1-2-11(12)5-10/h3-4,8,10-12,15H,1-2,5-7H2. The zero-order chi connectivity index (χ0) is 15.0. The van der Waals surface area contributed by atoms with Gasteiger partial charge < -0.3 is 0 Å². The van der Waals surface area contributed by atoms with Crippen molar-refractivity contribution in [2.24, 2.45) is 17.8 Å². The summed E-state index contributed by atoms with van der Waals surface area (Å²) in [5.41, 5.74) is 0.580. The normalized spacial score (nSPS) is 28.3. The number of carbonyl (C=O) groups excluding carboxylic acids is 1. The van der Waals surface area contributed by atoms with Gasteiger partial charge in [-0.25, -0.2) is 0 Å². The second-order valence-electron chi connectivity index (χ2n) is 6.33. The van der Waals surface area contributed by atoms with E-state index in [9.17, 15) is 10.1 Å². The maximum Gasteiger partial charge on any atom is 0.154 e. The molecule has 0 spiro atoms. The Hall–Kier alpha value is -1.04. The van der Waals surface area contributed by atoms with Crippen LogP contribution in [0.15, 0.2) is 18.2 Å². The highest BCUT2D eigenvalue weighted by atomic mass is 35.5. The van der Waals surface area contributed by atoms with Gasteiger partial charge in [-0.15, -0.1) is 0 Å². The fraction of sp³-hybridized carbons (Fsp3) is 0.529. The lowest BCUT2D eigenvalue weighted by atomic mass is 9.82. The van der Waals surface area contributed by atoms with Gasteiger partial charge in [0.15, 0.2) is 5.78 Å². The summed E-state index contributed by atoms with van der Waals surface area (Å²) in [7, 11) is 0. The summed E-state index contributed by atoms with van der Waals surface area (Å²) in [6, 6.07) is 7.08. The monoisotopic (exact) mass is 321 g/mol. The Labute approximate surface area is 135 Å². The minimum atomic E-state index is -0.770. The topological polar surface area (TPSA) is 40.9 Å². The predicted octanol–water partition coefficient (Wildman–Crippen LogP) is 5.00. The van der Waals surface area contributed by atoms with E-state index in [4.69, 9.17) is 23.2 Å². The molecule has 1 aromatic carbocycles. The molecule has 4 unspecified atom stereocenters. The molecule has 1 aromatic rings. The number of ketones is 1. The van der Waals surface area contributed by atoms with Gasteiger partial charge in [-0.05, 0) is 54.7 Å². The summed E-state index contributed by atoms with van der Waals surface area (Å²) < 4.78 is 0. The minimum absolute atomic E-state index is 0.000674. The van der Waals surface area contributed by atoms with Crippen LogP contribution in [0.2, 0.25) is 10.0 Å². The minimum Gasteiger partial charge on any atom is -0.298 e. The number of rotatable bonds is 4. The van der Waals surface area contributed by atoms with Gasteiger partial charge in [0.1, 0.15) is 5.92 Å². The molecule has 2 fully saturated rings. The van der Waals surface area contributed by atoms with Crippen LogP contribution in [0.1, 0.15) is 43.6 Å². The van der Waals surface area contributed by atoms with Crippen molar-refractivity contribution in [2.75, 3.05) is 0 Å². The first-order valence-corrected chi connectivity index (χ1v) is 8.21. The maximum atomic E-state index is 12.5. The molecule has 0 heterocycles. The quantitative estimate of drug-likeness (QED) is 0.783. The van der Waals surface area contributed by atoms with E-state index in [0.29, 0.717) is 33.9 Å². The average Bonchev–Trinajstić information content (AvgIpc) is 3.04. The van der Waals surface area contributed by atoms with Gasteiger partial charge in [0.2, 0.25) is 0 Å². The molecule has 2 saturated carbocycles. The number of nitriles is 1. The number of halogens is 2. The van der Waals surface area contributed by atoms with Crippen molar-refractivity contribution in [2.45, 2.75) is 38.0 Å². The Morgan fingerprint density at radius 3 is 2.71 bits per heavy atom. The third kappa shape index (κ3) is 2.96. The Balaban J connectivity index is 1.74. The zero-order valence-corrected chi connectivity index (χ0v) is 13.2. The van der Waals surface area contributed by atoms with Crippen molar-refractivity contribution in [3.05, 3.63) is 33.8 Å². The fourth-order valence-corrected chi connectivity index (χ4v) is 4.57. The van der Waals surface area contributed by atoms with Crippen molar-refractivity contribution < 1.29 is 4.79 Å². The number of hydrogen-bond donors (Lipinski definition) is 0. The van der Waals surface area contributed by atoms with Gasteiger partial charge in [0.05, 0.1) is 6.07 Å². The molecule has 0 N–H and O–H groups in total. The summed E-state index contributed by atoms with van der Waals surface area (Å²) in [6.07, 6.45) is 5.51. The molecule has 0 saturated heterocycles. The number of nitrogens with zero attached hydrogens (tertiary/aromatic N) is 1. The molecule has 3 rings (SSSR count). The number of carbonyl (C=O) groups is 1. The Bertz CT molecular complexity index is 607. The molecule has 0 radical (unpaired) electrons. The zero-order valence-electron chi connectivity index (χ0n) is 11.7. The molecule has 21 heavy (non-hydrogen) atoms. The molecule has 2 aliphatic rings. The SMILES string of the molecule is N#CC(C(=O)CC1CC2CCC1C2)c1ccc(Cl)cc1Cl. The van der Waals surface area contributed by atoms with Crippen LogP contribution < -0.4 is 0 Å². The van der Waals surface area contributed by atoms with Gasteiger partial charge in [-0.1, -0.05) is 35.7 Å². The van der Waals surface area contributed by atoms with Gasteiger partial charge in [0, 0.05) is 16.5 Å². The van der Waals surface area contributed by atoms with Crippen molar-refractivity contribution in [3.63, 3.8) is 0 Å². The first-order chi connectivity index (χ1) is 10.1. The van der Waals surface area contributed by atoms with Crippen LogP contribution >= 0.6 is 23.2 Å². The molecular formula is C17H17Cl2NO. The molecule has 110 valence electrons. The molecule has 2 aliphatic carbocycles. The van der Waals surface area contributed by atoms with Crippen molar-refractivity contribution in [3.8, 4) is 6.07 Å². The second-order valence-corrected chi connectivity index (χ2v) is 7.18. The highest BCUT2D eigenvalue weighted by molar-refractivity contribution is 6.35. The number of fused-ring (bicyclic) bond motifs is 2. The summed E-state index contributed by atoms with van der Waals surface area (Å²) in [5.74, 6) is 1.21. The summed E-state index contributed by atoms with van der Waals surface area (Å²) in [5, 5.41) is 10.3. The van der Waals surface area contributed by atoms with E-state index in [1.54, 1.807) is 18.2 Å². The predicted molar refractivity (Wildman–Crippen MR) is 83.4 cm³/mol. The molecule has 0 amide bonds. The van der Waals surface area contributed by atoms with E-state index in [1.807, 2.05) is 0 Å². The van der Waals surface area contributed by atoms with E-state index >= 15 is 0 Å². The lowest BCUT2D eigenvalue weighted by Gasteiger charge is -2.22. The van der Waals surface area contributed by atoms with Crippen LogP contribution in [0, 0.1) is 29.1 Å². The van der Waals surface area contributed by atoms with Crippen LogP contribution in [0.3, 0.4) is 0 Å². The molecule has 0 aromatic heterocycles. The van der Waals surface area contributed by atoms with Crippen molar-refractivity contribution >= 4 is 29.0 Å². The van der Waals surface area contributed by atoms with Crippen molar-refractivity contribution in [1.29, 1.82) is 5.26 Å². The lowest BCUT2D eigenvalue weighted by molar-refractivity contribution is -0.120. The fourth-order valence-electron chi connectivity index (χ4n) is 4.05. The van der Waals surface area contributed by atoms with Crippen molar-refractivity contribution in [1.82, 2.24) is 0 Å². The summed E-state index contributed by atoms with van der Waals surface area (Å²) in [6.45, 7) is 0. The van der Waals surface area contributed by atoms with Gasteiger partial charge in [0.25, 0.3) is 0 Å². The number of Topliss-reactive ketones (excluding diaryl/α,β-unsaturated/α-hetero) is 1. The highest BCUT2D eigenvalue weighted by Crippen LogP contribution is 2.50. The van der Waals surface area contributed by atoms with E-state index in [2.05, 4.69) is 6.07 Å². The third-order valence-electron chi connectivity index (χ3n) is 5.07. The first kappa shape index (κ1) is 14.9. The van der Waals surface area contributed by atoms with Gasteiger partial charge in [-0.3, -0.25) is 4.79 Å². The molecule has 0 aliphatic heterocycles. The van der Waals surface area contributed by atoms with Crippen LogP contribution in [0.4, 0.5) is 0 Å². The Morgan fingerprint density at radius 2 is 2.14 bits per heavy atom. The Kier molecular flexibility index (Phi) is 4.24. The molecule has 2 bridgehead atoms. The summed E-state index contributed by atoms with van der Waals surface area (Å²) >= 11 is 12.0. The molecular weight excluding hydrogens is 305 g/mol. The van der Waals surface area contributed by atoms with Crippen LogP contribution in [-0.2, 0) is 4.79 Å². The van der Waals surface area contributed by atoms with E-state index in [1.165, 1.54) is 19.3 Å². The maximum absolute atomic E-state index is 12.5. The van der Waals surface area contributed by atoms with Gasteiger partial charge in [-0.2, -0.15) is 5.26 Å². The first-order valence-electron chi connectivity index (χ1n) is 7.45. The van der Waals surface area contributed by atoms with Crippen LogP contribution in [0.25, 0.3) is 0 Å². The summed E-state index contributed by atoms with van der Waals surface area (Å²) in [4.78, 5) is 12.5. The van der Waals surface area contributed by atoms with Gasteiger partial charge >= 0.3 is 0 Å². The molecule has 4 atom stereocenters. The lowest BCUT2D eigenvalue weighted by Crippen LogP contribution is -2.19. The second kappa shape index (κ2) is 5.99. The van der Waals surface area contributed by atoms with Crippen LogP contribution in [-0.4, -0.2) is 5.78 Å².